The quantitative estimate of drug-likeness (QED) is 0.280. The summed E-state index contributed by atoms with van der Waals surface area (Å²) in [5.41, 5.74) is 14.5. The number of hydrogen-bond donors (Lipinski definition) is 0. The van der Waals surface area contributed by atoms with Gasteiger partial charge in [-0.05, 0) is 0 Å². The molecule has 0 aromatic heterocycles. The van der Waals surface area contributed by atoms with Crippen LogP contribution in [-0.2, 0) is 26.9 Å². The Morgan fingerprint density at radius 1 is 0.650 bits per heavy atom. The third kappa shape index (κ3) is 7.86. The predicted octanol–water partition coefficient (Wildman–Crippen LogP) is -0.855. The molecule has 4 rings (SSSR count). The zero-order valence-corrected chi connectivity index (χ0v) is 30.3. The Labute approximate surface area is 275 Å². The van der Waals surface area contributed by atoms with Crippen molar-refractivity contribution in [2.24, 2.45) is 0 Å². The molecular weight excluding hydrogens is 603 g/mol. The van der Waals surface area contributed by atoms with Crippen LogP contribution < -0.4 is 47.6 Å². The van der Waals surface area contributed by atoms with Crippen molar-refractivity contribution in [2.75, 3.05) is 0 Å². The fraction of sp³-hybridized carbons (Fsp3) is 0.371. The number of rotatable bonds is 8. The Kier molecular flexibility index (Phi) is 14.3. The minimum atomic E-state index is -1.53. The zero-order chi connectivity index (χ0) is 26.9. The zero-order valence-electron chi connectivity index (χ0n) is 25.3. The SMILES string of the molecule is CCCCc1ccc(C2=C(C)C(C)=C(C)[C]2([Ti+3])C[SiH](c2cc(C)cc(C)c2)c2cc(C)cc(C)c2)cc1.[Cl-].[Cl-].[Cl-]. The molecule has 0 nitrogen and oxygen atoms in total. The second-order valence-corrected chi connectivity index (χ2v) is 15.7. The maximum absolute atomic E-state index is 2.54. The number of unbranched alkanes of at least 4 members (excludes halogenated alkanes) is 1. The van der Waals surface area contributed by atoms with Gasteiger partial charge >= 0.3 is 240 Å². The maximum atomic E-state index is 2.54. The first-order valence-corrected chi connectivity index (χ1v) is 16.7. The van der Waals surface area contributed by atoms with Crippen molar-refractivity contribution in [3.63, 3.8) is 0 Å². The summed E-state index contributed by atoms with van der Waals surface area (Å²) in [7, 11) is -1.53. The molecular formula is C35H43Cl3SiTi. The first kappa shape index (κ1) is 37.0. The first-order valence-electron chi connectivity index (χ1n) is 13.9. The predicted molar refractivity (Wildman–Crippen MR) is 162 cm³/mol. The fourth-order valence-electron chi connectivity index (χ4n) is 6.39. The number of benzene rings is 3. The number of hydrogen-bond acceptors (Lipinski definition) is 0. The molecule has 1 unspecified atom stereocenters. The third-order valence-corrected chi connectivity index (χ3v) is 13.7. The van der Waals surface area contributed by atoms with E-state index in [1.54, 1.807) is 21.5 Å². The molecule has 5 heteroatoms. The van der Waals surface area contributed by atoms with Crippen LogP contribution in [0.5, 0.6) is 0 Å². The molecule has 0 amide bonds. The van der Waals surface area contributed by atoms with E-state index >= 15 is 0 Å². The number of allylic oxidation sites excluding steroid dienone is 4. The van der Waals surface area contributed by atoms with Crippen LogP contribution in [0, 0.1) is 27.7 Å². The Hall–Kier alpha value is -1.06. The van der Waals surface area contributed by atoms with Crippen molar-refractivity contribution in [3.05, 3.63) is 111 Å². The summed E-state index contributed by atoms with van der Waals surface area (Å²) in [5, 5.41) is 3.15. The van der Waals surface area contributed by atoms with E-state index in [1.807, 2.05) is 0 Å². The van der Waals surface area contributed by atoms with Gasteiger partial charge in [0.25, 0.3) is 0 Å². The van der Waals surface area contributed by atoms with Gasteiger partial charge in [-0.1, -0.05) is 0 Å². The first-order chi connectivity index (χ1) is 17.5. The van der Waals surface area contributed by atoms with E-state index in [1.165, 1.54) is 69.8 Å². The molecule has 1 atom stereocenters. The maximum Gasteiger partial charge on any atom is -1.00 e. The summed E-state index contributed by atoms with van der Waals surface area (Å²) in [4.78, 5) is 0. The molecule has 1 aliphatic carbocycles. The van der Waals surface area contributed by atoms with Gasteiger partial charge in [0.15, 0.2) is 0 Å². The second kappa shape index (κ2) is 15.4. The average Bonchev–Trinajstić information content (AvgIpc) is 3.00. The van der Waals surface area contributed by atoms with Crippen LogP contribution in [0.4, 0.5) is 0 Å². The van der Waals surface area contributed by atoms with Crippen LogP contribution in [0.2, 0.25) is 9.76 Å². The van der Waals surface area contributed by atoms with Crippen LogP contribution in [0.25, 0.3) is 5.57 Å². The van der Waals surface area contributed by atoms with Gasteiger partial charge in [0.05, 0.1) is 0 Å². The number of aryl methyl sites for hydroxylation is 5. The summed E-state index contributed by atoms with van der Waals surface area (Å²) >= 11 is 2.54. The molecule has 0 aliphatic heterocycles. The van der Waals surface area contributed by atoms with Gasteiger partial charge in [0.2, 0.25) is 0 Å². The van der Waals surface area contributed by atoms with Crippen molar-refractivity contribution >= 4 is 24.7 Å². The molecule has 1 aliphatic rings. The molecule has 0 fully saturated rings. The van der Waals surface area contributed by atoms with Gasteiger partial charge in [-0.15, -0.1) is 0 Å². The molecule has 0 saturated heterocycles. The Morgan fingerprint density at radius 2 is 1.10 bits per heavy atom. The standard InChI is InChI=1S/C35H43Si.3ClH.Ti/c1-9-10-11-30-12-14-31(15-13-30)35-29(8)27(6)28(7)34(35)22-36(32-18-23(2)16-24(3)19-32)33-20-25(4)17-26(5)21-33;;;;/h12-21,36H,9-11,22H2,1-8H3;3*1H;/q;;;;+3/p-3. The van der Waals surface area contributed by atoms with E-state index in [9.17, 15) is 0 Å². The Balaban J connectivity index is 0.00000267. The minimum Gasteiger partial charge on any atom is -1.00 e. The smallest absolute Gasteiger partial charge is 1.00 e. The molecule has 40 heavy (non-hydrogen) atoms. The third-order valence-electron chi connectivity index (χ3n) is 8.43. The second-order valence-electron chi connectivity index (χ2n) is 11.6. The molecule has 3 aromatic carbocycles. The molecule has 3 aromatic rings. The van der Waals surface area contributed by atoms with Crippen LogP contribution in [0.1, 0.15) is 73.9 Å². The van der Waals surface area contributed by atoms with Gasteiger partial charge in [-0.3, -0.25) is 0 Å². The van der Waals surface area contributed by atoms with Crippen molar-refractivity contribution in [2.45, 2.75) is 84.4 Å². The normalized spacial score (nSPS) is 16.6. The van der Waals surface area contributed by atoms with Gasteiger partial charge < -0.3 is 37.2 Å². The van der Waals surface area contributed by atoms with Gasteiger partial charge in [-0.2, -0.15) is 0 Å². The largest absolute Gasteiger partial charge is 1.00 e. The number of halogens is 3. The van der Waals surface area contributed by atoms with Crippen LogP contribution in [0.15, 0.2) is 77.4 Å². The van der Waals surface area contributed by atoms with Crippen LogP contribution in [0.3, 0.4) is 0 Å². The summed E-state index contributed by atoms with van der Waals surface area (Å²) in [6, 6.07) is 25.3. The Bertz CT molecular complexity index is 1280. The molecule has 0 radical (unpaired) electrons. The van der Waals surface area contributed by atoms with Crippen molar-refractivity contribution < 1.29 is 57.7 Å². The van der Waals surface area contributed by atoms with Gasteiger partial charge in [0, 0.05) is 0 Å². The van der Waals surface area contributed by atoms with Crippen molar-refractivity contribution in [1.82, 2.24) is 0 Å². The van der Waals surface area contributed by atoms with Crippen LogP contribution in [-0.4, -0.2) is 8.80 Å². The van der Waals surface area contributed by atoms with E-state index in [0.717, 1.165) is 0 Å². The monoisotopic (exact) mass is 644 g/mol. The Morgan fingerprint density at radius 3 is 1.52 bits per heavy atom. The van der Waals surface area contributed by atoms with E-state index in [2.05, 4.69) is 136 Å². The molecule has 0 N–H and O–H groups in total. The van der Waals surface area contributed by atoms with Crippen molar-refractivity contribution in [3.8, 4) is 0 Å². The van der Waals surface area contributed by atoms with Gasteiger partial charge in [-0.25, -0.2) is 0 Å². The summed E-state index contributed by atoms with van der Waals surface area (Å²) < 4.78 is 0.0330. The molecule has 0 saturated carbocycles. The average molecular weight is 646 g/mol. The molecule has 212 valence electrons. The van der Waals surface area contributed by atoms with E-state index in [4.69, 9.17) is 0 Å². The van der Waals surface area contributed by atoms with Crippen molar-refractivity contribution in [1.29, 1.82) is 0 Å². The van der Waals surface area contributed by atoms with E-state index < -0.39 is 8.80 Å². The van der Waals surface area contributed by atoms with Crippen LogP contribution >= 0.6 is 0 Å². The van der Waals surface area contributed by atoms with Gasteiger partial charge in [0.1, 0.15) is 0 Å². The summed E-state index contributed by atoms with van der Waals surface area (Å²) in [6.07, 6.45) is 3.68. The fourth-order valence-corrected chi connectivity index (χ4v) is 12.0. The molecule has 0 heterocycles. The van der Waals surface area contributed by atoms with E-state index in [-0.39, 0.29) is 40.9 Å². The minimum absolute atomic E-state index is 0. The molecule has 0 spiro atoms. The molecule has 0 bridgehead atoms. The summed E-state index contributed by atoms with van der Waals surface area (Å²) in [6.45, 7) is 18.4. The topological polar surface area (TPSA) is 0 Å². The van der Waals surface area contributed by atoms with E-state index in [0.29, 0.717) is 0 Å². The summed E-state index contributed by atoms with van der Waals surface area (Å²) in [5.74, 6) is 0.